The Hall–Kier alpha value is -1.64. The first-order valence-corrected chi connectivity index (χ1v) is 13.1. The van der Waals surface area contributed by atoms with Gasteiger partial charge in [0.25, 0.3) is 0 Å². The Balaban J connectivity index is 1.21. The van der Waals surface area contributed by atoms with Crippen molar-refractivity contribution in [2.24, 2.45) is 0 Å². The normalized spacial score (nSPS) is 25.7. The van der Waals surface area contributed by atoms with Crippen molar-refractivity contribution in [1.82, 2.24) is 9.80 Å². The van der Waals surface area contributed by atoms with Crippen molar-refractivity contribution in [3.63, 3.8) is 0 Å². The van der Waals surface area contributed by atoms with Crippen molar-refractivity contribution in [2.45, 2.75) is 38.1 Å². The maximum Gasteiger partial charge on any atom is 0.238 e. The Bertz CT molecular complexity index is 811. The van der Waals surface area contributed by atoms with E-state index in [1.807, 2.05) is 12.1 Å². The van der Waals surface area contributed by atoms with Crippen LogP contribution < -0.4 is 10.2 Å². The fourth-order valence-electron chi connectivity index (χ4n) is 4.84. The Morgan fingerprint density at radius 2 is 1.60 bits per heavy atom. The second-order valence-electron chi connectivity index (χ2n) is 8.87. The molecule has 1 amide bonds. The number of benzene rings is 1. The third-order valence-corrected chi connectivity index (χ3v) is 8.37. The molecule has 166 valence electrons. The molecule has 0 radical (unpaired) electrons. The van der Waals surface area contributed by atoms with Gasteiger partial charge in [-0.1, -0.05) is 12.8 Å². The minimum Gasteiger partial charge on any atom is -0.372 e. The number of sulfone groups is 1. The van der Waals surface area contributed by atoms with Crippen LogP contribution in [0.2, 0.25) is 0 Å². The third-order valence-electron chi connectivity index (χ3n) is 6.62. The van der Waals surface area contributed by atoms with Gasteiger partial charge in [0.2, 0.25) is 5.91 Å². The summed E-state index contributed by atoms with van der Waals surface area (Å²) >= 11 is 0. The predicted molar refractivity (Wildman–Crippen MR) is 121 cm³/mol. The first kappa shape index (κ1) is 21.6. The highest BCUT2D eigenvalue weighted by molar-refractivity contribution is 7.91. The van der Waals surface area contributed by atoms with E-state index in [1.165, 1.54) is 31.4 Å². The van der Waals surface area contributed by atoms with E-state index < -0.39 is 9.84 Å². The lowest BCUT2D eigenvalue weighted by Gasteiger charge is -2.37. The van der Waals surface area contributed by atoms with Gasteiger partial charge >= 0.3 is 0 Å². The van der Waals surface area contributed by atoms with E-state index in [0.29, 0.717) is 18.1 Å². The first-order chi connectivity index (χ1) is 14.5. The molecule has 3 fully saturated rings. The molecule has 8 heteroatoms. The van der Waals surface area contributed by atoms with Crippen LogP contribution in [-0.4, -0.2) is 87.5 Å². The van der Waals surface area contributed by atoms with Crippen molar-refractivity contribution in [3.05, 3.63) is 24.3 Å². The SMILES string of the molecule is O=C(CN1CCN(C2CCS(=O)(=O)C2)CC1)Nc1ccc(N2CCCCCC2)cc1. The van der Waals surface area contributed by atoms with Crippen LogP contribution >= 0.6 is 0 Å². The summed E-state index contributed by atoms with van der Waals surface area (Å²) in [6, 6.07) is 8.37. The van der Waals surface area contributed by atoms with Crippen molar-refractivity contribution in [2.75, 3.05) is 67.5 Å². The molecule has 0 spiro atoms. The van der Waals surface area contributed by atoms with Crippen LogP contribution in [0.3, 0.4) is 0 Å². The van der Waals surface area contributed by atoms with Gasteiger partial charge in [-0.25, -0.2) is 8.42 Å². The van der Waals surface area contributed by atoms with Gasteiger partial charge in [0.15, 0.2) is 9.84 Å². The average molecular weight is 435 g/mol. The lowest BCUT2D eigenvalue weighted by molar-refractivity contribution is -0.117. The molecule has 1 unspecified atom stereocenters. The molecule has 1 atom stereocenters. The lowest BCUT2D eigenvalue weighted by Crippen LogP contribution is -2.52. The number of rotatable bonds is 5. The number of hydrogen-bond donors (Lipinski definition) is 1. The molecule has 0 aliphatic carbocycles. The van der Waals surface area contributed by atoms with Crippen LogP contribution in [-0.2, 0) is 14.6 Å². The van der Waals surface area contributed by atoms with Gasteiger partial charge in [0, 0.05) is 56.7 Å². The quantitative estimate of drug-likeness (QED) is 0.762. The molecule has 3 aliphatic rings. The summed E-state index contributed by atoms with van der Waals surface area (Å²) in [5.74, 6) is 0.618. The van der Waals surface area contributed by atoms with Gasteiger partial charge in [0.1, 0.15) is 0 Å². The Morgan fingerprint density at radius 3 is 2.20 bits per heavy atom. The van der Waals surface area contributed by atoms with Gasteiger partial charge in [-0.3, -0.25) is 14.6 Å². The van der Waals surface area contributed by atoms with Gasteiger partial charge in [0.05, 0.1) is 18.1 Å². The van der Waals surface area contributed by atoms with Crippen molar-refractivity contribution < 1.29 is 13.2 Å². The van der Waals surface area contributed by atoms with E-state index in [1.54, 1.807) is 0 Å². The van der Waals surface area contributed by atoms with Crippen LogP contribution in [0.15, 0.2) is 24.3 Å². The zero-order valence-corrected chi connectivity index (χ0v) is 18.6. The first-order valence-electron chi connectivity index (χ1n) is 11.3. The highest BCUT2D eigenvalue weighted by atomic mass is 32.2. The van der Waals surface area contributed by atoms with Gasteiger partial charge in [-0.2, -0.15) is 0 Å². The number of nitrogens with zero attached hydrogens (tertiary/aromatic N) is 3. The van der Waals surface area contributed by atoms with Crippen LogP contribution in [0, 0.1) is 0 Å². The van der Waals surface area contributed by atoms with Crippen molar-refractivity contribution in [3.8, 4) is 0 Å². The number of hydrogen-bond acceptors (Lipinski definition) is 6. The summed E-state index contributed by atoms with van der Waals surface area (Å²) < 4.78 is 23.4. The summed E-state index contributed by atoms with van der Waals surface area (Å²) in [7, 11) is -2.85. The van der Waals surface area contributed by atoms with E-state index in [-0.39, 0.29) is 11.9 Å². The molecule has 0 saturated carbocycles. The molecule has 4 rings (SSSR count). The molecule has 7 nitrogen and oxygen atoms in total. The zero-order valence-electron chi connectivity index (χ0n) is 17.8. The molecule has 1 aromatic carbocycles. The van der Waals surface area contributed by atoms with Crippen molar-refractivity contribution in [1.29, 1.82) is 0 Å². The monoisotopic (exact) mass is 434 g/mol. The number of nitrogens with one attached hydrogen (secondary N) is 1. The fourth-order valence-corrected chi connectivity index (χ4v) is 6.60. The fraction of sp³-hybridized carbons (Fsp3) is 0.682. The average Bonchev–Trinajstić information content (AvgIpc) is 2.92. The van der Waals surface area contributed by atoms with E-state index in [9.17, 15) is 13.2 Å². The van der Waals surface area contributed by atoms with Crippen LogP contribution in [0.25, 0.3) is 0 Å². The molecule has 3 aliphatic heterocycles. The largest absolute Gasteiger partial charge is 0.372 e. The molecular formula is C22H34N4O3S. The zero-order chi connectivity index (χ0) is 21.0. The molecule has 1 aromatic rings. The standard InChI is InChI=1S/C22H34N4O3S/c27-22(17-24-12-14-26(15-13-24)21-9-16-30(28,29)18-21)23-19-5-7-20(8-6-19)25-10-3-1-2-4-11-25/h5-8,21H,1-4,9-18H2,(H,23,27). The Morgan fingerprint density at radius 1 is 0.933 bits per heavy atom. The Labute approximate surface area is 180 Å². The number of carbonyl (C=O) groups excluding carboxylic acids is 1. The second kappa shape index (κ2) is 9.66. The van der Waals surface area contributed by atoms with Crippen LogP contribution in [0.1, 0.15) is 32.1 Å². The molecule has 3 saturated heterocycles. The second-order valence-corrected chi connectivity index (χ2v) is 11.1. The molecule has 0 bridgehead atoms. The number of piperazine rings is 1. The number of carbonyl (C=O) groups is 1. The molecular weight excluding hydrogens is 400 g/mol. The third kappa shape index (κ3) is 5.74. The summed E-state index contributed by atoms with van der Waals surface area (Å²) in [5, 5.41) is 3.02. The van der Waals surface area contributed by atoms with Crippen LogP contribution in [0.4, 0.5) is 11.4 Å². The van der Waals surface area contributed by atoms with E-state index >= 15 is 0 Å². The number of anilines is 2. The maximum atomic E-state index is 12.5. The van der Waals surface area contributed by atoms with Crippen LogP contribution in [0.5, 0.6) is 0 Å². The van der Waals surface area contributed by atoms with Crippen molar-refractivity contribution >= 4 is 27.1 Å². The smallest absolute Gasteiger partial charge is 0.238 e. The molecule has 3 heterocycles. The molecule has 30 heavy (non-hydrogen) atoms. The van der Waals surface area contributed by atoms with E-state index in [4.69, 9.17) is 0 Å². The summed E-state index contributed by atoms with van der Waals surface area (Å²) in [6.07, 6.45) is 5.89. The maximum absolute atomic E-state index is 12.5. The summed E-state index contributed by atoms with van der Waals surface area (Å²) in [6.45, 7) is 5.88. The van der Waals surface area contributed by atoms with E-state index in [2.05, 4.69) is 32.1 Å². The van der Waals surface area contributed by atoms with Gasteiger partial charge in [-0.15, -0.1) is 0 Å². The number of amides is 1. The minimum atomic E-state index is -2.85. The van der Waals surface area contributed by atoms with Gasteiger partial charge in [-0.05, 0) is 43.5 Å². The highest BCUT2D eigenvalue weighted by Crippen LogP contribution is 2.22. The van der Waals surface area contributed by atoms with E-state index in [0.717, 1.165) is 51.4 Å². The lowest BCUT2D eigenvalue weighted by atomic mass is 10.2. The molecule has 0 aromatic heterocycles. The summed E-state index contributed by atoms with van der Waals surface area (Å²) in [5.41, 5.74) is 2.08. The highest BCUT2D eigenvalue weighted by Gasteiger charge is 2.33. The predicted octanol–water partition coefficient (Wildman–Crippen LogP) is 1.81. The molecule has 1 N–H and O–H groups in total. The summed E-state index contributed by atoms with van der Waals surface area (Å²) in [4.78, 5) is 19.3. The van der Waals surface area contributed by atoms with Gasteiger partial charge < -0.3 is 10.2 Å². The Kier molecular flexibility index (Phi) is 6.95. The topological polar surface area (TPSA) is 73.0 Å². The minimum absolute atomic E-state index is 0.00872.